The van der Waals surface area contributed by atoms with E-state index in [2.05, 4.69) is 0 Å². The van der Waals surface area contributed by atoms with Crippen molar-refractivity contribution in [1.82, 2.24) is 0 Å². The number of aryl methyl sites for hydroxylation is 1. The molecule has 5 heteroatoms. The van der Waals surface area contributed by atoms with Crippen molar-refractivity contribution in [2.75, 3.05) is 14.2 Å². The van der Waals surface area contributed by atoms with Gasteiger partial charge in [-0.05, 0) is 30.9 Å². The molecule has 0 aliphatic heterocycles. The van der Waals surface area contributed by atoms with E-state index < -0.39 is 5.97 Å². The lowest BCUT2D eigenvalue weighted by molar-refractivity contribution is -0.137. The average molecular weight is 273 g/mol. The van der Waals surface area contributed by atoms with Gasteiger partial charge in [0.15, 0.2) is 0 Å². The highest BCUT2D eigenvalue weighted by molar-refractivity contribution is 6.32. The Morgan fingerprint density at radius 1 is 1.22 bits per heavy atom. The van der Waals surface area contributed by atoms with E-state index in [9.17, 15) is 4.79 Å². The zero-order valence-electron chi connectivity index (χ0n) is 10.5. The minimum Gasteiger partial charge on any atom is -0.496 e. The lowest BCUT2D eigenvalue weighted by Gasteiger charge is -2.11. The van der Waals surface area contributed by atoms with Crippen molar-refractivity contribution in [1.29, 1.82) is 0 Å². The van der Waals surface area contributed by atoms with Crippen molar-refractivity contribution in [2.24, 2.45) is 0 Å². The number of ether oxygens (including phenoxy) is 2. The summed E-state index contributed by atoms with van der Waals surface area (Å²) in [5.41, 5.74) is 0.976. The third-order valence-electron chi connectivity index (χ3n) is 2.64. The van der Waals surface area contributed by atoms with Gasteiger partial charge in [0.25, 0.3) is 0 Å². The summed E-state index contributed by atoms with van der Waals surface area (Å²) in [6.07, 6.45) is 2.36. The predicted octanol–water partition coefficient (Wildman–Crippen LogP) is 3.15. The lowest BCUT2D eigenvalue weighted by Crippen LogP contribution is -1.97. The maximum absolute atomic E-state index is 10.4. The number of aliphatic carboxylic acids is 1. The van der Waals surface area contributed by atoms with Gasteiger partial charge in [0.2, 0.25) is 0 Å². The molecule has 1 aromatic rings. The molecule has 0 aliphatic rings. The fourth-order valence-electron chi connectivity index (χ4n) is 1.71. The molecule has 0 aromatic heterocycles. The van der Waals surface area contributed by atoms with Gasteiger partial charge in [0, 0.05) is 12.5 Å². The first-order chi connectivity index (χ1) is 8.58. The summed E-state index contributed by atoms with van der Waals surface area (Å²) < 4.78 is 10.4. The minimum atomic E-state index is -0.768. The first-order valence-corrected chi connectivity index (χ1v) is 6.08. The standard InChI is InChI=1S/C13H17ClO4/c1-17-11-8-10(14)12(18-2)7-9(11)5-3-4-6-13(15)16/h7-8H,3-6H2,1-2H3,(H,15,16). The maximum Gasteiger partial charge on any atom is 0.303 e. The molecule has 0 amide bonds. The summed E-state index contributed by atoms with van der Waals surface area (Å²) in [5, 5.41) is 9.07. The fourth-order valence-corrected chi connectivity index (χ4v) is 1.94. The molecule has 0 atom stereocenters. The van der Waals surface area contributed by atoms with Crippen LogP contribution in [0.5, 0.6) is 11.5 Å². The Bertz CT molecular complexity index is 418. The number of carboxylic acid groups (broad SMARTS) is 1. The summed E-state index contributed by atoms with van der Waals surface area (Å²) in [6, 6.07) is 3.55. The molecule has 0 aliphatic carbocycles. The number of rotatable bonds is 7. The molecule has 0 radical (unpaired) electrons. The normalized spacial score (nSPS) is 10.2. The Hall–Kier alpha value is -1.42. The van der Waals surface area contributed by atoms with E-state index in [1.165, 1.54) is 0 Å². The van der Waals surface area contributed by atoms with Gasteiger partial charge in [-0.15, -0.1) is 0 Å². The number of hydrogen-bond acceptors (Lipinski definition) is 3. The van der Waals surface area contributed by atoms with E-state index >= 15 is 0 Å². The Morgan fingerprint density at radius 2 is 1.89 bits per heavy atom. The molecule has 100 valence electrons. The van der Waals surface area contributed by atoms with Gasteiger partial charge >= 0.3 is 5.97 Å². The molecule has 0 unspecified atom stereocenters. The van der Waals surface area contributed by atoms with Crippen molar-refractivity contribution in [3.05, 3.63) is 22.7 Å². The highest BCUT2D eigenvalue weighted by atomic mass is 35.5. The van der Waals surface area contributed by atoms with Crippen LogP contribution in [0.3, 0.4) is 0 Å². The van der Waals surface area contributed by atoms with Gasteiger partial charge in [0.05, 0.1) is 19.2 Å². The molecule has 18 heavy (non-hydrogen) atoms. The zero-order chi connectivity index (χ0) is 13.5. The van der Waals surface area contributed by atoms with Crippen LogP contribution >= 0.6 is 11.6 Å². The largest absolute Gasteiger partial charge is 0.496 e. The molecule has 1 aromatic carbocycles. The Labute approximate surface area is 111 Å². The van der Waals surface area contributed by atoms with Gasteiger partial charge in [-0.1, -0.05) is 11.6 Å². The third-order valence-corrected chi connectivity index (χ3v) is 2.94. The van der Waals surface area contributed by atoms with Crippen LogP contribution in [-0.4, -0.2) is 25.3 Å². The predicted molar refractivity (Wildman–Crippen MR) is 69.7 cm³/mol. The second-order valence-corrected chi connectivity index (χ2v) is 4.31. The van der Waals surface area contributed by atoms with Crippen molar-refractivity contribution < 1.29 is 19.4 Å². The van der Waals surface area contributed by atoms with E-state index in [4.69, 9.17) is 26.2 Å². The number of carboxylic acids is 1. The van der Waals surface area contributed by atoms with Crippen molar-refractivity contribution in [2.45, 2.75) is 25.7 Å². The number of benzene rings is 1. The highest BCUT2D eigenvalue weighted by Gasteiger charge is 2.09. The summed E-state index contributed by atoms with van der Waals surface area (Å²) in [5.74, 6) is 0.539. The summed E-state index contributed by atoms with van der Waals surface area (Å²) in [4.78, 5) is 10.4. The van der Waals surface area contributed by atoms with Crippen LogP contribution in [0.1, 0.15) is 24.8 Å². The molecular weight excluding hydrogens is 256 g/mol. The Kier molecular flexibility index (Phi) is 5.78. The third kappa shape index (κ3) is 4.11. The SMILES string of the molecule is COc1cc(CCCCC(=O)O)c(OC)cc1Cl. The molecule has 0 fully saturated rings. The molecular formula is C13H17ClO4. The van der Waals surface area contributed by atoms with Crippen LogP contribution in [0.4, 0.5) is 0 Å². The van der Waals surface area contributed by atoms with Gasteiger partial charge in [-0.2, -0.15) is 0 Å². The van der Waals surface area contributed by atoms with Gasteiger partial charge in [0.1, 0.15) is 11.5 Å². The van der Waals surface area contributed by atoms with E-state index in [1.54, 1.807) is 20.3 Å². The van der Waals surface area contributed by atoms with E-state index in [0.29, 0.717) is 22.9 Å². The Balaban J connectivity index is 2.70. The first kappa shape index (κ1) is 14.6. The first-order valence-electron chi connectivity index (χ1n) is 5.70. The van der Waals surface area contributed by atoms with Crippen LogP contribution in [-0.2, 0) is 11.2 Å². The van der Waals surface area contributed by atoms with Gasteiger partial charge < -0.3 is 14.6 Å². The molecule has 0 saturated carbocycles. The topological polar surface area (TPSA) is 55.8 Å². The minimum absolute atomic E-state index is 0.188. The quantitative estimate of drug-likeness (QED) is 0.775. The molecule has 0 heterocycles. The fraction of sp³-hybridized carbons (Fsp3) is 0.462. The molecule has 1 rings (SSSR count). The zero-order valence-corrected chi connectivity index (χ0v) is 11.3. The van der Waals surface area contributed by atoms with Crippen LogP contribution in [0.15, 0.2) is 12.1 Å². The average Bonchev–Trinajstić information content (AvgIpc) is 2.35. The van der Waals surface area contributed by atoms with Gasteiger partial charge in [-0.25, -0.2) is 0 Å². The van der Waals surface area contributed by atoms with Crippen molar-refractivity contribution in [3.63, 3.8) is 0 Å². The van der Waals surface area contributed by atoms with Crippen LogP contribution in [0, 0.1) is 0 Å². The van der Waals surface area contributed by atoms with E-state index in [0.717, 1.165) is 18.4 Å². The second-order valence-electron chi connectivity index (χ2n) is 3.90. The number of methoxy groups -OCH3 is 2. The molecule has 4 nitrogen and oxygen atoms in total. The van der Waals surface area contributed by atoms with Crippen LogP contribution < -0.4 is 9.47 Å². The smallest absolute Gasteiger partial charge is 0.303 e. The number of hydrogen-bond donors (Lipinski definition) is 1. The number of carbonyl (C=O) groups is 1. The van der Waals surface area contributed by atoms with Gasteiger partial charge in [-0.3, -0.25) is 4.79 Å². The molecule has 0 saturated heterocycles. The summed E-state index contributed by atoms with van der Waals surface area (Å²) in [7, 11) is 3.14. The van der Waals surface area contributed by atoms with Crippen LogP contribution in [0.2, 0.25) is 5.02 Å². The highest BCUT2D eigenvalue weighted by Crippen LogP contribution is 2.33. The summed E-state index contributed by atoms with van der Waals surface area (Å²) >= 11 is 6.00. The monoisotopic (exact) mass is 272 g/mol. The summed E-state index contributed by atoms with van der Waals surface area (Å²) in [6.45, 7) is 0. The van der Waals surface area contributed by atoms with E-state index in [1.807, 2.05) is 6.07 Å². The maximum atomic E-state index is 10.4. The molecule has 0 bridgehead atoms. The number of unbranched alkanes of at least 4 members (excludes halogenated alkanes) is 1. The molecule has 1 N–H and O–H groups in total. The second kappa shape index (κ2) is 7.11. The molecule has 0 spiro atoms. The Morgan fingerprint density at radius 3 is 2.44 bits per heavy atom. The number of halogens is 1. The van der Waals surface area contributed by atoms with Crippen molar-refractivity contribution >= 4 is 17.6 Å². The lowest BCUT2D eigenvalue weighted by atomic mass is 10.1. The van der Waals surface area contributed by atoms with Crippen molar-refractivity contribution in [3.8, 4) is 11.5 Å². The van der Waals surface area contributed by atoms with Crippen LogP contribution in [0.25, 0.3) is 0 Å². The van der Waals surface area contributed by atoms with E-state index in [-0.39, 0.29) is 6.42 Å².